The van der Waals surface area contributed by atoms with E-state index in [0.29, 0.717) is 5.56 Å². The van der Waals surface area contributed by atoms with E-state index in [1.165, 1.54) is 11.0 Å². The predicted molar refractivity (Wildman–Crippen MR) is 105 cm³/mol. The van der Waals surface area contributed by atoms with Crippen molar-refractivity contribution in [3.05, 3.63) is 33.7 Å². The molecule has 1 amide bonds. The van der Waals surface area contributed by atoms with E-state index < -0.39 is 15.7 Å². The lowest BCUT2D eigenvalue weighted by atomic mass is 9.78. The molecule has 1 N–H and O–H groups in total. The predicted octanol–water partition coefficient (Wildman–Crippen LogP) is 3.21. The zero-order chi connectivity index (χ0) is 20.1. The first kappa shape index (κ1) is 20.5. The molecular formula is C20H29NO4S. The monoisotopic (exact) mass is 379 g/mol. The van der Waals surface area contributed by atoms with E-state index in [1.807, 2.05) is 41.5 Å². The van der Waals surface area contributed by atoms with Gasteiger partial charge in [-0.1, -0.05) is 41.5 Å². The summed E-state index contributed by atoms with van der Waals surface area (Å²) in [5.41, 5.74) is 1.41. The molecule has 1 saturated heterocycles. The third-order valence-electron chi connectivity index (χ3n) is 4.63. The first-order valence-corrected chi connectivity index (χ1v) is 10.4. The number of rotatable bonds is 1. The Morgan fingerprint density at radius 2 is 1.50 bits per heavy atom. The van der Waals surface area contributed by atoms with Crippen LogP contribution >= 0.6 is 0 Å². The quantitative estimate of drug-likeness (QED) is 0.760. The van der Waals surface area contributed by atoms with E-state index in [9.17, 15) is 18.3 Å². The number of amides is 1. The highest BCUT2D eigenvalue weighted by molar-refractivity contribution is 7.96. The van der Waals surface area contributed by atoms with E-state index in [1.54, 1.807) is 19.2 Å². The first-order chi connectivity index (χ1) is 11.6. The summed E-state index contributed by atoms with van der Waals surface area (Å²) in [4.78, 5) is 13.6. The molecule has 1 aromatic rings. The number of carbonyl (C=O) groups is 1. The van der Waals surface area contributed by atoms with Crippen molar-refractivity contribution in [3.8, 4) is 5.75 Å². The lowest BCUT2D eigenvalue weighted by Crippen LogP contribution is -2.40. The van der Waals surface area contributed by atoms with Crippen LogP contribution in [0.1, 0.15) is 58.2 Å². The second-order valence-corrected chi connectivity index (χ2v) is 11.1. The van der Waals surface area contributed by atoms with Crippen LogP contribution in [0, 0.1) is 0 Å². The molecule has 0 spiro atoms. The lowest BCUT2D eigenvalue weighted by Gasteiger charge is -2.28. The number of aromatic hydroxyl groups is 1. The van der Waals surface area contributed by atoms with Gasteiger partial charge in [-0.3, -0.25) is 4.79 Å². The Balaban J connectivity index is 2.76. The molecule has 1 heterocycles. The van der Waals surface area contributed by atoms with Crippen LogP contribution in [0.15, 0.2) is 17.0 Å². The Kier molecular flexibility index (Phi) is 5.05. The number of phenolic OH excluding ortho intramolecular Hbond substituents is 1. The van der Waals surface area contributed by atoms with Crippen LogP contribution in [0.5, 0.6) is 5.75 Å². The van der Waals surface area contributed by atoms with Crippen molar-refractivity contribution in [3.63, 3.8) is 0 Å². The van der Waals surface area contributed by atoms with Crippen molar-refractivity contribution in [1.29, 1.82) is 0 Å². The Morgan fingerprint density at radius 1 is 1.04 bits per heavy atom. The average Bonchev–Trinajstić information content (AvgIpc) is 2.47. The Morgan fingerprint density at radius 3 is 1.92 bits per heavy atom. The van der Waals surface area contributed by atoms with Gasteiger partial charge in [-0.25, -0.2) is 8.42 Å². The van der Waals surface area contributed by atoms with Gasteiger partial charge in [0.25, 0.3) is 5.91 Å². The van der Waals surface area contributed by atoms with Gasteiger partial charge in [-0.05, 0) is 34.6 Å². The number of phenols is 1. The molecule has 0 saturated carbocycles. The summed E-state index contributed by atoms with van der Waals surface area (Å²) in [5.74, 6) is -0.335. The molecule has 0 unspecified atom stereocenters. The SMILES string of the molecule is CN1CCS(=O)(=O)C(=Cc2cc(C(C)(C)C)c(O)c(C(C)(C)C)c2)C1=O. The second-order valence-electron chi connectivity index (χ2n) is 9.02. The summed E-state index contributed by atoms with van der Waals surface area (Å²) in [6, 6.07) is 3.55. The van der Waals surface area contributed by atoms with Crippen LogP contribution in [0.4, 0.5) is 0 Å². The van der Waals surface area contributed by atoms with Crippen LogP contribution in [0.3, 0.4) is 0 Å². The van der Waals surface area contributed by atoms with Crippen molar-refractivity contribution >= 4 is 21.8 Å². The molecule has 5 nitrogen and oxygen atoms in total. The molecule has 0 bridgehead atoms. The van der Waals surface area contributed by atoms with Crippen LogP contribution in [0.2, 0.25) is 0 Å². The van der Waals surface area contributed by atoms with Crippen LogP contribution in [-0.2, 0) is 25.5 Å². The molecule has 0 radical (unpaired) electrons. The minimum Gasteiger partial charge on any atom is -0.507 e. The lowest BCUT2D eigenvalue weighted by molar-refractivity contribution is -0.125. The molecule has 1 fully saturated rings. The maximum absolute atomic E-state index is 12.4. The highest BCUT2D eigenvalue weighted by Crippen LogP contribution is 2.40. The van der Waals surface area contributed by atoms with E-state index in [-0.39, 0.29) is 33.8 Å². The normalized spacial score (nSPS) is 19.9. The number of hydrogen-bond donors (Lipinski definition) is 1. The molecule has 26 heavy (non-hydrogen) atoms. The molecule has 1 aliphatic heterocycles. The average molecular weight is 380 g/mol. The van der Waals surface area contributed by atoms with Crippen molar-refractivity contribution < 1.29 is 18.3 Å². The Labute approximate surface area is 156 Å². The molecule has 1 aliphatic rings. The van der Waals surface area contributed by atoms with Gasteiger partial charge >= 0.3 is 0 Å². The van der Waals surface area contributed by atoms with Gasteiger partial charge in [0, 0.05) is 24.7 Å². The molecule has 1 aromatic carbocycles. The second kappa shape index (κ2) is 6.41. The van der Waals surface area contributed by atoms with Gasteiger partial charge in [0.1, 0.15) is 10.7 Å². The van der Waals surface area contributed by atoms with E-state index in [0.717, 1.165) is 11.1 Å². The van der Waals surface area contributed by atoms with Gasteiger partial charge in [0.2, 0.25) is 0 Å². The fourth-order valence-electron chi connectivity index (χ4n) is 2.98. The van der Waals surface area contributed by atoms with Crippen LogP contribution < -0.4 is 0 Å². The maximum atomic E-state index is 12.4. The summed E-state index contributed by atoms with van der Waals surface area (Å²) in [6.07, 6.45) is 1.44. The first-order valence-electron chi connectivity index (χ1n) is 8.72. The van der Waals surface area contributed by atoms with Crippen molar-refractivity contribution in [2.24, 2.45) is 0 Å². The third-order valence-corrected chi connectivity index (χ3v) is 6.32. The summed E-state index contributed by atoms with van der Waals surface area (Å²) in [7, 11) is -2.00. The molecular weight excluding hydrogens is 350 g/mol. The molecule has 6 heteroatoms. The summed E-state index contributed by atoms with van der Waals surface area (Å²) in [5, 5.41) is 10.8. The highest BCUT2D eigenvalue weighted by Gasteiger charge is 2.33. The Bertz CT molecular complexity index is 833. The topological polar surface area (TPSA) is 74.7 Å². The van der Waals surface area contributed by atoms with Crippen LogP contribution in [0.25, 0.3) is 6.08 Å². The standard InChI is InChI=1S/C20H29NO4S/c1-19(2,3)14-10-13(11-15(17(14)22)20(4,5)6)12-16-18(23)21(7)8-9-26(16,24)25/h10-12,22H,8-9H2,1-7H3. The zero-order valence-electron chi connectivity index (χ0n) is 16.7. The number of hydrogen-bond acceptors (Lipinski definition) is 4. The highest BCUT2D eigenvalue weighted by atomic mass is 32.2. The van der Waals surface area contributed by atoms with E-state index >= 15 is 0 Å². The third kappa shape index (κ3) is 3.95. The number of benzene rings is 1. The summed E-state index contributed by atoms with van der Waals surface area (Å²) < 4.78 is 24.8. The molecule has 0 aromatic heterocycles. The van der Waals surface area contributed by atoms with Crippen molar-refractivity contribution in [2.45, 2.75) is 52.4 Å². The van der Waals surface area contributed by atoms with E-state index in [4.69, 9.17) is 0 Å². The zero-order valence-corrected chi connectivity index (χ0v) is 17.5. The van der Waals surface area contributed by atoms with Gasteiger partial charge in [0.05, 0.1) is 5.75 Å². The maximum Gasteiger partial charge on any atom is 0.265 e. The smallest absolute Gasteiger partial charge is 0.265 e. The molecule has 0 atom stereocenters. The van der Waals surface area contributed by atoms with Gasteiger partial charge in [-0.15, -0.1) is 0 Å². The van der Waals surface area contributed by atoms with Gasteiger partial charge in [-0.2, -0.15) is 0 Å². The molecule has 144 valence electrons. The largest absolute Gasteiger partial charge is 0.507 e. The van der Waals surface area contributed by atoms with E-state index in [2.05, 4.69) is 0 Å². The van der Waals surface area contributed by atoms with Crippen molar-refractivity contribution in [1.82, 2.24) is 4.90 Å². The Hall–Kier alpha value is -1.82. The van der Waals surface area contributed by atoms with Gasteiger partial charge in [0.15, 0.2) is 9.84 Å². The minimum atomic E-state index is -3.60. The number of nitrogens with zero attached hydrogens (tertiary/aromatic N) is 1. The van der Waals surface area contributed by atoms with Crippen LogP contribution in [-0.4, -0.2) is 43.7 Å². The number of sulfone groups is 1. The number of carbonyl (C=O) groups excluding carboxylic acids is 1. The minimum absolute atomic E-state index is 0.0720. The van der Waals surface area contributed by atoms with Gasteiger partial charge < -0.3 is 10.0 Å². The summed E-state index contributed by atoms with van der Waals surface area (Å²) in [6.45, 7) is 12.1. The molecule has 0 aliphatic carbocycles. The fourth-order valence-corrected chi connectivity index (χ4v) is 4.45. The summed E-state index contributed by atoms with van der Waals surface area (Å²) >= 11 is 0. The fraction of sp³-hybridized carbons (Fsp3) is 0.550. The van der Waals surface area contributed by atoms with Crippen molar-refractivity contribution in [2.75, 3.05) is 19.3 Å². The molecule has 2 rings (SSSR count). The number of likely N-dealkylation sites (N-methyl/N-ethyl adjacent to an activating group) is 1.